The van der Waals surface area contributed by atoms with E-state index in [9.17, 15) is 4.79 Å². The molecule has 0 aliphatic carbocycles. The number of aryl methyl sites for hydroxylation is 2. The fourth-order valence-electron chi connectivity index (χ4n) is 3.52. The zero-order valence-corrected chi connectivity index (χ0v) is 20.5. The van der Waals surface area contributed by atoms with E-state index in [-0.39, 0.29) is 17.0 Å². The van der Waals surface area contributed by atoms with Crippen LogP contribution in [0.3, 0.4) is 0 Å². The van der Waals surface area contributed by atoms with E-state index in [4.69, 9.17) is 15.9 Å². The maximum absolute atomic E-state index is 11.5. The van der Waals surface area contributed by atoms with Crippen molar-refractivity contribution in [2.75, 3.05) is 5.73 Å². The van der Waals surface area contributed by atoms with Gasteiger partial charge < -0.3 is 25.0 Å². The van der Waals surface area contributed by atoms with Gasteiger partial charge in [0, 0.05) is 30.0 Å². The van der Waals surface area contributed by atoms with Gasteiger partial charge in [0.05, 0.1) is 11.8 Å². The van der Waals surface area contributed by atoms with Crippen LogP contribution in [-0.2, 0) is 11.0 Å². The standard InChI is InChI=1S/C23H35N5O2Si/c1-16-13-27(20-12-17(24)9-10-18(16)20)11-7-8-21(30-31(5,6)23(2,3)4)28-14-19(22(25)29)26-15-28/h9-10,12-15,21H,7-8,11,24H2,1-6H3,(H2,25,29). The van der Waals surface area contributed by atoms with E-state index in [1.54, 1.807) is 12.5 Å². The molecule has 168 valence electrons. The van der Waals surface area contributed by atoms with E-state index in [2.05, 4.69) is 62.6 Å². The summed E-state index contributed by atoms with van der Waals surface area (Å²) in [5.74, 6) is -0.531. The molecule has 0 aliphatic heterocycles. The molecular weight excluding hydrogens is 406 g/mol. The molecule has 0 bridgehead atoms. The smallest absolute Gasteiger partial charge is 0.268 e. The number of nitrogens with two attached hydrogens (primary N) is 2. The van der Waals surface area contributed by atoms with Crippen molar-refractivity contribution in [3.8, 4) is 0 Å². The third-order valence-electron chi connectivity index (χ3n) is 6.38. The number of carbonyl (C=O) groups is 1. The zero-order valence-electron chi connectivity index (χ0n) is 19.5. The zero-order chi connectivity index (χ0) is 23.0. The molecule has 3 rings (SSSR count). The van der Waals surface area contributed by atoms with E-state index in [1.165, 1.54) is 10.9 Å². The van der Waals surface area contributed by atoms with Crippen molar-refractivity contribution in [2.45, 2.75) is 71.4 Å². The van der Waals surface area contributed by atoms with Crippen LogP contribution in [0.15, 0.2) is 36.9 Å². The van der Waals surface area contributed by atoms with Crippen molar-refractivity contribution < 1.29 is 9.22 Å². The van der Waals surface area contributed by atoms with Crippen LogP contribution in [0.2, 0.25) is 18.1 Å². The quantitative estimate of drug-likeness (QED) is 0.386. The minimum Gasteiger partial charge on any atom is -0.399 e. The van der Waals surface area contributed by atoms with Gasteiger partial charge in [0.25, 0.3) is 5.91 Å². The van der Waals surface area contributed by atoms with Crippen molar-refractivity contribution in [2.24, 2.45) is 5.73 Å². The number of nitrogens with zero attached hydrogens (tertiary/aromatic N) is 3. The van der Waals surface area contributed by atoms with Crippen LogP contribution in [0.1, 0.15) is 55.9 Å². The van der Waals surface area contributed by atoms with Crippen molar-refractivity contribution in [1.82, 2.24) is 14.1 Å². The Kier molecular flexibility index (Phi) is 6.34. The highest BCUT2D eigenvalue weighted by Gasteiger charge is 2.39. The molecule has 1 atom stereocenters. The Morgan fingerprint density at radius 2 is 1.97 bits per heavy atom. The average Bonchev–Trinajstić information content (AvgIpc) is 3.25. The van der Waals surface area contributed by atoms with Crippen molar-refractivity contribution in [3.05, 3.63) is 48.2 Å². The number of amides is 1. The molecule has 0 saturated heterocycles. The maximum atomic E-state index is 11.5. The number of benzene rings is 1. The topological polar surface area (TPSA) is 101 Å². The summed E-state index contributed by atoms with van der Waals surface area (Å²) in [6, 6.07) is 6.05. The number of carbonyl (C=O) groups excluding carboxylic acids is 1. The summed E-state index contributed by atoms with van der Waals surface area (Å²) in [5, 5.41) is 1.30. The molecule has 8 heteroatoms. The summed E-state index contributed by atoms with van der Waals surface area (Å²) in [6.07, 6.45) is 7.01. The summed E-state index contributed by atoms with van der Waals surface area (Å²) in [5.41, 5.74) is 14.8. The van der Waals surface area contributed by atoms with Crippen LogP contribution in [-0.4, -0.2) is 28.3 Å². The molecule has 0 fully saturated rings. The Labute approximate surface area is 185 Å². The van der Waals surface area contributed by atoms with Crippen LogP contribution in [0, 0.1) is 6.92 Å². The van der Waals surface area contributed by atoms with Crippen LogP contribution in [0.4, 0.5) is 5.69 Å². The molecule has 7 nitrogen and oxygen atoms in total. The molecule has 2 heterocycles. The Hall–Kier alpha value is -2.58. The molecule has 2 aromatic heterocycles. The summed E-state index contributed by atoms with van der Waals surface area (Å²) in [4.78, 5) is 15.7. The van der Waals surface area contributed by atoms with Crippen LogP contribution in [0.5, 0.6) is 0 Å². The number of hydrogen-bond acceptors (Lipinski definition) is 4. The minimum absolute atomic E-state index is 0.0730. The summed E-state index contributed by atoms with van der Waals surface area (Å²) in [7, 11) is -2.03. The van der Waals surface area contributed by atoms with Crippen molar-refractivity contribution >= 4 is 30.8 Å². The lowest BCUT2D eigenvalue weighted by Crippen LogP contribution is -2.42. The van der Waals surface area contributed by atoms with Gasteiger partial charge in [-0.15, -0.1) is 0 Å². The van der Waals surface area contributed by atoms with Crippen molar-refractivity contribution in [1.29, 1.82) is 0 Å². The first-order valence-corrected chi connectivity index (χ1v) is 13.7. The van der Waals surface area contributed by atoms with E-state index in [1.807, 2.05) is 16.7 Å². The van der Waals surface area contributed by atoms with Crippen molar-refractivity contribution in [3.63, 3.8) is 0 Å². The van der Waals surface area contributed by atoms with Gasteiger partial charge in [0.1, 0.15) is 11.9 Å². The number of fused-ring (bicyclic) bond motifs is 1. The SMILES string of the molecule is Cc1cn(CCCC(O[Si](C)(C)C(C)(C)C)n2cnc(C(N)=O)c2)c2cc(N)ccc12. The highest BCUT2D eigenvalue weighted by atomic mass is 28.4. The van der Waals surface area contributed by atoms with Gasteiger partial charge in [-0.05, 0) is 55.6 Å². The molecule has 0 aliphatic rings. The van der Waals surface area contributed by atoms with Gasteiger partial charge in [0.15, 0.2) is 8.32 Å². The average molecular weight is 442 g/mol. The number of hydrogen-bond donors (Lipinski definition) is 2. The predicted molar refractivity (Wildman–Crippen MR) is 128 cm³/mol. The Bertz CT molecular complexity index is 1080. The van der Waals surface area contributed by atoms with E-state index in [0.29, 0.717) is 0 Å². The number of anilines is 1. The van der Waals surface area contributed by atoms with E-state index >= 15 is 0 Å². The molecular formula is C23H35N5O2Si. The molecule has 4 N–H and O–H groups in total. The lowest BCUT2D eigenvalue weighted by molar-refractivity contribution is 0.0984. The third-order valence-corrected chi connectivity index (χ3v) is 10.9. The second-order valence-electron chi connectivity index (χ2n) is 9.83. The second kappa shape index (κ2) is 8.51. The number of nitrogen functional groups attached to an aromatic ring is 1. The number of aromatic nitrogens is 3. The normalized spacial score (nSPS) is 13.6. The Morgan fingerprint density at radius 3 is 2.58 bits per heavy atom. The van der Waals surface area contributed by atoms with Gasteiger partial charge in [0.2, 0.25) is 0 Å². The monoisotopic (exact) mass is 441 g/mol. The fourth-order valence-corrected chi connectivity index (χ4v) is 4.79. The van der Waals surface area contributed by atoms with Crippen LogP contribution in [0.25, 0.3) is 10.9 Å². The minimum atomic E-state index is -2.03. The maximum Gasteiger partial charge on any atom is 0.268 e. The molecule has 0 saturated carbocycles. The molecule has 3 aromatic rings. The first-order valence-electron chi connectivity index (χ1n) is 10.7. The van der Waals surface area contributed by atoms with Gasteiger partial charge >= 0.3 is 0 Å². The molecule has 0 radical (unpaired) electrons. The van der Waals surface area contributed by atoms with Gasteiger partial charge in [-0.3, -0.25) is 4.79 Å². The van der Waals surface area contributed by atoms with Crippen LogP contribution >= 0.6 is 0 Å². The number of imidazole rings is 1. The van der Waals surface area contributed by atoms with E-state index < -0.39 is 14.2 Å². The fraction of sp³-hybridized carbons (Fsp3) is 0.478. The number of primary amides is 1. The first-order chi connectivity index (χ1) is 14.4. The molecule has 1 unspecified atom stereocenters. The molecule has 1 aromatic carbocycles. The Morgan fingerprint density at radius 1 is 1.26 bits per heavy atom. The lowest BCUT2D eigenvalue weighted by atomic mass is 10.2. The summed E-state index contributed by atoms with van der Waals surface area (Å²) in [6.45, 7) is 14.1. The lowest BCUT2D eigenvalue weighted by Gasteiger charge is -2.39. The second-order valence-corrected chi connectivity index (χ2v) is 14.6. The first kappa shape index (κ1) is 23.1. The third kappa shape index (κ3) is 5.02. The van der Waals surface area contributed by atoms with Gasteiger partial charge in [-0.1, -0.05) is 26.8 Å². The molecule has 1 amide bonds. The highest BCUT2D eigenvalue weighted by molar-refractivity contribution is 6.74. The van der Waals surface area contributed by atoms with Crippen LogP contribution < -0.4 is 11.5 Å². The summed E-state index contributed by atoms with van der Waals surface area (Å²) < 4.78 is 10.9. The molecule has 0 spiro atoms. The van der Waals surface area contributed by atoms with Gasteiger partial charge in [-0.2, -0.15) is 0 Å². The van der Waals surface area contributed by atoms with Gasteiger partial charge in [-0.25, -0.2) is 4.98 Å². The Balaban J connectivity index is 1.80. The molecule has 31 heavy (non-hydrogen) atoms. The summed E-state index contributed by atoms with van der Waals surface area (Å²) >= 11 is 0. The predicted octanol–water partition coefficient (Wildman–Crippen LogP) is 4.83. The highest BCUT2D eigenvalue weighted by Crippen LogP contribution is 2.39. The van der Waals surface area contributed by atoms with E-state index in [0.717, 1.165) is 30.6 Å². The largest absolute Gasteiger partial charge is 0.399 e. The number of rotatable bonds is 8.